The van der Waals surface area contributed by atoms with Crippen LogP contribution in [0, 0.1) is 0 Å². The Kier molecular flexibility index (Phi) is 5.12. The van der Waals surface area contributed by atoms with Crippen LogP contribution in [0.25, 0.3) is 0 Å². The number of amides is 3. The van der Waals surface area contributed by atoms with Gasteiger partial charge in [0.15, 0.2) is 0 Å². The Bertz CT molecular complexity index is 748. The molecule has 146 valence electrons. The lowest BCUT2D eigenvalue weighted by Gasteiger charge is -2.45. The minimum atomic E-state index is -4.47. The number of halogens is 3. The van der Waals surface area contributed by atoms with Gasteiger partial charge in [0.1, 0.15) is 12.1 Å². The van der Waals surface area contributed by atoms with E-state index in [9.17, 15) is 27.6 Å². The highest BCUT2D eigenvalue weighted by atomic mass is 19.4. The number of piperazine rings is 2. The maximum absolute atomic E-state index is 12.6. The van der Waals surface area contributed by atoms with Crippen molar-refractivity contribution in [3.63, 3.8) is 0 Å². The first kappa shape index (κ1) is 19.2. The van der Waals surface area contributed by atoms with Crippen molar-refractivity contribution in [2.75, 3.05) is 19.6 Å². The number of benzene rings is 1. The highest BCUT2D eigenvalue weighted by Crippen LogP contribution is 2.29. The summed E-state index contributed by atoms with van der Waals surface area (Å²) in [5.41, 5.74) is -0.717. The zero-order chi connectivity index (χ0) is 19.8. The molecule has 2 fully saturated rings. The highest BCUT2D eigenvalue weighted by molar-refractivity contribution is 5.99. The van der Waals surface area contributed by atoms with Crippen LogP contribution in [0.15, 0.2) is 24.3 Å². The van der Waals surface area contributed by atoms with Gasteiger partial charge in [0.2, 0.25) is 11.8 Å². The SMILES string of the molecule is CCC[C@@H]1NC(=O)[C@H]2CN(C(=O)c3ccc(C(F)(F)F)cc3)CCN2C1=O. The Balaban J connectivity index is 1.71. The molecule has 1 aromatic carbocycles. The average molecular weight is 383 g/mol. The molecule has 6 nitrogen and oxygen atoms in total. The lowest BCUT2D eigenvalue weighted by atomic mass is 10.0. The first-order valence-electron chi connectivity index (χ1n) is 8.79. The Morgan fingerprint density at radius 1 is 1.19 bits per heavy atom. The summed E-state index contributed by atoms with van der Waals surface area (Å²) in [6, 6.07) is 2.67. The van der Waals surface area contributed by atoms with E-state index < -0.39 is 29.7 Å². The van der Waals surface area contributed by atoms with Crippen LogP contribution in [0.1, 0.15) is 35.7 Å². The summed E-state index contributed by atoms with van der Waals surface area (Å²) in [6.07, 6.45) is -3.15. The number of carbonyl (C=O) groups excluding carboxylic acids is 3. The molecule has 3 amide bonds. The van der Waals surface area contributed by atoms with Gasteiger partial charge in [-0.15, -0.1) is 0 Å². The highest BCUT2D eigenvalue weighted by Gasteiger charge is 2.44. The standard InChI is InChI=1S/C18H20F3N3O3/c1-2-3-13-17(27)24-9-8-23(10-14(24)15(25)22-13)16(26)11-4-6-12(7-5-11)18(19,20)21/h4-7,13-14H,2-3,8-10H2,1H3,(H,22,25)/t13-,14+/m0/s1. The molecule has 9 heteroatoms. The number of nitrogens with zero attached hydrogens (tertiary/aromatic N) is 2. The van der Waals surface area contributed by atoms with E-state index in [2.05, 4.69) is 5.32 Å². The molecule has 0 aromatic heterocycles. The molecule has 0 bridgehead atoms. The summed E-state index contributed by atoms with van der Waals surface area (Å²) in [4.78, 5) is 40.3. The van der Waals surface area contributed by atoms with Crippen molar-refractivity contribution in [1.29, 1.82) is 0 Å². The minimum absolute atomic E-state index is 0.0241. The molecular weight excluding hydrogens is 363 g/mol. The fourth-order valence-corrected chi connectivity index (χ4v) is 3.45. The van der Waals surface area contributed by atoms with Crippen molar-refractivity contribution in [3.05, 3.63) is 35.4 Å². The van der Waals surface area contributed by atoms with Gasteiger partial charge in [-0.05, 0) is 30.7 Å². The Hall–Kier alpha value is -2.58. The van der Waals surface area contributed by atoms with E-state index >= 15 is 0 Å². The molecular formula is C18H20F3N3O3. The van der Waals surface area contributed by atoms with Crippen molar-refractivity contribution in [3.8, 4) is 0 Å². The van der Waals surface area contributed by atoms with Gasteiger partial charge in [0.25, 0.3) is 5.91 Å². The van der Waals surface area contributed by atoms with Crippen LogP contribution in [-0.4, -0.2) is 59.2 Å². The van der Waals surface area contributed by atoms with E-state index in [4.69, 9.17) is 0 Å². The van der Waals surface area contributed by atoms with Crippen molar-refractivity contribution in [1.82, 2.24) is 15.1 Å². The maximum Gasteiger partial charge on any atom is 0.416 e. The van der Waals surface area contributed by atoms with E-state index in [1.54, 1.807) is 0 Å². The summed E-state index contributed by atoms with van der Waals surface area (Å²) in [7, 11) is 0. The predicted molar refractivity (Wildman–Crippen MR) is 89.7 cm³/mol. The smallest absolute Gasteiger partial charge is 0.342 e. The van der Waals surface area contributed by atoms with Crippen LogP contribution in [0.3, 0.4) is 0 Å². The Labute approximate surface area is 154 Å². The summed E-state index contributed by atoms with van der Waals surface area (Å²) in [5, 5.41) is 2.70. The summed E-state index contributed by atoms with van der Waals surface area (Å²) < 4.78 is 37.9. The number of hydrogen-bond donors (Lipinski definition) is 1. The van der Waals surface area contributed by atoms with Crippen LogP contribution in [0.4, 0.5) is 13.2 Å². The zero-order valence-corrected chi connectivity index (χ0v) is 14.8. The summed E-state index contributed by atoms with van der Waals surface area (Å²) >= 11 is 0. The molecule has 0 aliphatic carbocycles. The molecule has 2 atom stereocenters. The second kappa shape index (κ2) is 7.21. The second-order valence-electron chi connectivity index (χ2n) is 6.72. The first-order chi connectivity index (χ1) is 12.7. The van der Waals surface area contributed by atoms with Gasteiger partial charge in [0.05, 0.1) is 12.1 Å². The minimum Gasteiger partial charge on any atom is -0.342 e. The lowest BCUT2D eigenvalue weighted by molar-refractivity contribution is -0.152. The number of nitrogens with one attached hydrogen (secondary N) is 1. The summed E-state index contributed by atoms with van der Waals surface area (Å²) in [6.45, 7) is 2.40. The van der Waals surface area contributed by atoms with Gasteiger partial charge < -0.3 is 15.1 Å². The van der Waals surface area contributed by atoms with Gasteiger partial charge in [-0.3, -0.25) is 14.4 Å². The maximum atomic E-state index is 12.6. The van der Waals surface area contributed by atoms with Gasteiger partial charge in [-0.2, -0.15) is 13.2 Å². The molecule has 0 saturated carbocycles. The van der Waals surface area contributed by atoms with Crippen molar-refractivity contribution < 1.29 is 27.6 Å². The average Bonchev–Trinajstić information content (AvgIpc) is 2.64. The quantitative estimate of drug-likeness (QED) is 0.863. The van der Waals surface area contributed by atoms with Gasteiger partial charge in [-0.25, -0.2) is 0 Å². The van der Waals surface area contributed by atoms with Gasteiger partial charge in [0, 0.05) is 18.7 Å². The molecule has 27 heavy (non-hydrogen) atoms. The second-order valence-corrected chi connectivity index (χ2v) is 6.72. The number of fused-ring (bicyclic) bond motifs is 1. The molecule has 1 N–H and O–H groups in total. The van der Waals surface area contributed by atoms with Crippen LogP contribution >= 0.6 is 0 Å². The van der Waals surface area contributed by atoms with Crippen LogP contribution in [-0.2, 0) is 15.8 Å². The number of hydrogen-bond acceptors (Lipinski definition) is 3. The molecule has 1 aromatic rings. The molecule has 2 aliphatic rings. The van der Waals surface area contributed by atoms with E-state index in [-0.39, 0.29) is 37.0 Å². The largest absolute Gasteiger partial charge is 0.416 e. The third kappa shape index (κ3) is 3.77. The number of carbonyl (C=O) groups is 3. The van der Waals surface area contributed by atoms with Crippen molar-refractivity contribution in [2.24, 2.45) is 0 Å². The third-order valence-electron chi connectivity index (χ3n) is 4.90. The van der Waals surface area contributed by atoms with E-state index in [0.29, 0.717) is 6.42 Å². The topological polar surface area (TPSA) is 69.7 Å². The molecule has 3 rings (SSSR count). The summed E-state index contributed by atoms with van der Waals surface area (Å²) in [5.74, 6) is -0.916. The normalized spacial score (nSPS) is 23.1. The predicted octanol–water partition coefficient (Wildman–Crippen LogP) is 1.66. The third-order valence-corrected chi connectivity index (χ3v) is 4.90. The zero-order valence-electron chi connectivity index (χ0n) is 14.8. The molecule has 2 saturated heterocycles. The Morgan fingerprint density at radius 2 is 1.85 bits per heavy atom. The Morgan fingerprint density at radius 3 is 2.44 bits per heavy atom. The van der Waals surface area contributed by atoms with Crippen LogP contribution in [0.5, 0.6) is 0 Å². The number of rotatable bonds is 3. The fraction of sp³-hybridized carbons (Fsp3) is 0.500. The van der Waals surface area contributed by atoms with Gasteiger partial charge >= 0.3 is 6.18 Å². The van der Waals surface area contributed by atoms with Crippen LogP contribution < -0.4 is 5.32 Å². The molecule has 2 aliphatic heterocycles. The molecule has 0 radical (unpaired) electrons. The van der Waals surface area contributed by atoms with Gasteiger partial charge in [-0.1, -0.05) is 13.3 Å². The molecule has 0 unspecified atom stereocenters. The first-order valence-corrected chi connectivity index (χ1v) is 8.79. The number of alkyl halides is 3. The van der Waals surface area contributed by atoms with Crippen molar-refractivity contribution in [2.45, 2.75) is 38.0 Å². The van der Waals surface area contributed by atoms with E-state index in [0.717, 1.165) is 30.7 Å². The van der Waals surface area contributed by atoms with Crippen LogP contribution in [0.2, 0.25) is 0 Å². The molecule has 2 heterocycles. The molecule has 0 spiro atoms. The van der Waals surface area contributed by atoms with E-state index in [1.165, 1.54) is 9.80 Å². The van der Waals surface area contributed by atoms with Crippen molar-refractivity contribution >= 4 is 17.7 Å². The monoisotopic (exact) mass is 383 g/mol. The fourth-order valence-electron chi connectivity index (χ4n) is 3.45. The van der Waals surface area contributed by atoms with E-state index in [1.807, 2.05) is 6.92 Å². The lowest BCUT2D eigenvalue weighted by Crippen LogP contribution is -2.69.